The number of imidazole rings is 1. The van der Waals surface area contributed by atoms with Gasteiger partial charge in [-0.05, 0) is 23.5 Å². The minimum atomic E-state index is 0.326. The molecule has 0 aliphatic rings. The molecule has 7 nitrogen and oxygen atoms in total. The molecule has 0 unspecified atom stereocenters. The Hall–Kier alpha value is -3.23. The summed E-state index contributed by atoms with van der Waals surface area (Å²) in [5, 5.41) is 6.33. The molecule has 0 saturated heterocycles. The molecule has 3 heterocycles. The highest BCUT2D eigenvalue weighted by Crippen LogP contribution is 2.37. The van der Waals surface area contributed by atoms with E-state index in [2.05, 4.69) is 10.1 Å². The molecule has 5 rings (SSSR count). The monoisotopic (exact) mass is 441 g/mol. The first-order valence-electron chi connectivity index (χ1n) is 9.03. The molecule has 0 aliphatic heterocycles. The number of methoxy groups -OCH3 is 2. The van der Waals surface area contributed by atoms with Gasteiger partial charge in [-0.25, -0.2) is 9.50 Å². The third-order valence-corrected chi connectivity index (χ3v) is 5.85. The highest BCUT2D eigenvalue weighted by atomic mass is 35.5. The summed E-state index contributed by atoms with van der Waals surface area (Å²) in [5.41, 5.74) is 2.21. The third-order valence-electron chi connectivity index (χ3n) is 4.60. The van der Waals surface area contributed by atoms with Crippen LogP contribution in [0.5, 0.6) is 16.7 Å². The van der Waals surface area contributed by atoms with Crippen LogP contribution in [0.15, 0.2) is 53.1 Å². The molecule has 0 atom stereocenters. The second-order valence-corrected chi connectivity index (χ2v) is 7.78. The lowest BCUT2D eigenvalue weighted by molar-refractivity contribution is 0.307. The van der Waals surface area contributed by atoms with Gasteiger partial charge in [-0.1, -0.05) is 29.8 Å². The summed E-state index contributed by atoms with van der Waals surface area (Å²) >= 11 is 7.61. The molecular weight excluding hydrogens is 426 g/mol. The SMILES string of the molecule is COc1cc(OCc2ccccc2Cl)c2cc(-c3cn4nc(OC)sc4n3)oc2c1. The van der Waals surface area contributed by atoms with E-state index in [0.717, 1.165) is 15.9 Å². The van der Waals surface area contributed by atoms with Crippen LogP contribution in [0.25, 0.3) is 27.4 Å². The minimum Gasteiger partial charge on any atom is -0.496 e. The van der Waals surface area contributed by atoms with Gasteiger partial charge < -0.3 is 18.6 Å². The molecule has 0 spiro atoms. The summed E-state index contributed by atoms with van der Waals surface area (Å²) in [6.07, 6.45) is 1.80. The van der Waals surface area contributed by atoms with E-state index in [1.54, 1.807) is 24.9 Å². The Morgan fingerprint density at radius 2 is 2.00 bits per heavy atom. The van der Waals surface area contributed by atoms with Crippen LogP contribution in [-0.2, 0) is 6.61 Å². The summed E-state index contributed by atoms with van der Waals surface area (Å²) in [5.74, 6) is 1.88. The van der Waals surface area contributed by atoms with Crippen molar-refractivity contribution in [1.29, 1.82) is 0 Å². The van der Waals surface area contributed by atoms with Gasteiger partial charge in [0.25, 0.3) is 5.19 Å². The van der Waals surface area contributed by atoms with Crippen LogP contribution in [0.1, 0.15) is 5.56 Å². The topological polar surface area (TPSA) is 71.0 Å². The molecule has 0 radical (unpaired) electrons. The Bertz CT molecular complexity index is 1330. The van der Waals surface area contributed by atoms with Gasteiger partial charge in [0, 0.05) is 22.7 Å². The highest BCUT2D eigenvalue weighted by molar-refractivity contribution is 7.18. The fraction of sp³-hybridized carbons (Fsp3) is 0.143. The van der Waals surface area contributed by atoms with Crippen LogP contribution in [-0.4, -0.2) is 28.8 Å². The van der Waals surface area contributed by atoms with Gasteiger partial charge in [0.2, 0.25) is 4.96 Å². The molecule has 30 heavy (non-hydrogen) atoms. The normalized spacial score (nSPS) is 11.3. The largest absolute Gasteiger partial charge is 0.496 e. The second-order valence-electron chi connectivity index (χ2n) is 6.45. The molecule has 5 aromatic rings. The smallest absolute Gasteiger partial charge is 0.294 e. The number of hydrogen-bond donors (Lipinski definition) is 0. The Morgan fingerprint density at radius 1 is 1.13 bits per heavy atom. The zero-order chi connectivity index (χ0) is 20.7. The number of halogens is 1. The number of hydrogen-bond acceptors (Lipinski definition) is 7. The van der Waals surface area contributed by atoms with Crippen LogP contribution < -0.4 is 14.2 Å². The van der Waals surface area contributed by atoms with Crippen molar-refractivity contribution in [2.45, 2.75) is 6.61 Å². The number of benzene rings is 2. The Labute approximate surface area is 180 Å². The quantitative estimate of drug-likeness (QED) is 0.348. The van der Waals surface area contributed by atoms with Crippen molar-refractivity contribution in [3.05, 3.63) is 59.2 Å². The fourth-order valence-electron chi connectivity index (χ4n) is 3.10. The van der Waals surface area contributed by atoms with E-state index in [-0.39, 0.29) is 0 Å². The molecule has 0 N–H and O–H groups in total. The molecule has 152 valence electrons. The van der Waals surface area contributed by atoms with Crippen molar-refractivity contribution in [3.8, 4) is 28.1 Å². The predicted molar refractivity (Wildman–Crippen MR) is 115 cm³/mol. The summed E-state index contributed by atoms with van der Waals surface area (Å²) in [6, 6.07) is 13.1. The first-order valence-corrected chi connectivity index (χ1v) is 10.2. The third kappa shape index (κ3) is 3.34. The van der Waals surface area contributed by atoms with Gasteiger partial charge in [-0.15, -0.1) is 5.10 Å². The van der Waals surface area contributed by atoms with Gasteiger partial charge in [-0.2, -0.15) is 0 Å². The van der Waals surface area contributed by atoms with Crippen LogP contribution in [0.2, 0.25) is 5.02 Å². The molecule has 9 heteroatoms. The maximum Gasteiger partial charge on any atom is 0.294 e. The van der Waals surface area contributed by atoms with Gasteiger partial charge >= 0.3 is 0 Å². The van der Waals surface area contributed by atoms with Crippen LogP contribution in [0, 0.1) is 0 Å². The summed E-state index contributed by atoms with van der Waals surface area (Å²) in [7, 11) is 3.18. The lowest BCUT2D eigenvalue weighted by Crippen LogP contribution is -1.97. The van der Waals surface area contributed by atoms with E-state index in [1.807, 2.05) is 42.5 Å². The first-order chi connectivity index (χ1) is 14.6. The Balaban J connectivity index is 1.52. The molecule has 0 fully saturated rings. The number of rotatable bonds is 6. The van der Waals surface area contributed by atoms with Gasteiger partial charge in [0.05, 0.1) is 25.8 Å². The minimum absolute atomic E-state index is 0.326. The lowest BCUT2D eigenvalue weighted by atomic mass is 10.2. The first kappa shape index (κ1) is 18.8. The maximum atomic E-state index is 6.25. The molecule has 0 bridgehead atoms. The summed E-state index contributed by atoms with van der Waals surface area (Å²) < 4.78 is 24.3. The van der Waals surface area contributed by atoms with E-state index in [1.165, 1.54) is 11.3 Å². The molecule has 0 saturated carbocycles. The zero-order valence-electron chi connectivity index (χ0n) is 16.1. The summed E-state index contributed by atoms with van der Waals surface area (Å²) in [6.45, 7) is 0.326. The number of furan rings is 1. The molecule has 0 amide bonds. The maximum absolute atomic E-state index is 6.25. The van der Waals surface area contributed by atoms with Gasteiger partial charge in [-0.3, -0.25) is 0 Å². The van der Waals surface area contributed by atoms with Crippen molar-refractivity contribution in [1.82, 2.24) is 14.6 Å². The van der Waals surface area contributed by atoms with Gasteiger partial charge in [0.1, 0.15) is 29.4 Å². The Kier molecular flexibility index (Phi) is 4.72. The second kappa shape index (κ2) is 7.55. The molecule has 0 aliphatic carbocycles. The summed E-state index contributed by atoms with van der Waals surface area (Å²) in [4.78, 5) is 5.30. The van der Waals surface area contributed by atoms with E-state index < -0.39 is 0 Å². The average Bonchev–Trinajstić information content (AvgIpc) is 3.45. The number of aromatic nitrogens is 3. The molecular formula is C21H16ClN3O4S. The van der Waals surface area contributed by atoms with Crippen molar-refractivity contribution in [2.24, 2.45) is 0 Å². The number of ether oxygens (including phenoxy) is 3. The van der Waals surface area contributed by atoms with Crippen molar-refractivity contribution >= 4 is 38.9 Å². The Morgan fingerprint density at radius 3 is 2.77 bits per heavy atom. The lowest BCUT2D eigenvalue weighted by Gasteiger charge is -2.10. The van der Waals surface area contributed by atoms with E-state index in [4.69, 9.17) is 30.2 Å². The molecule has 3 aromatic heterocycles. The van der Waals surface area contributed by atoms with E-state index in [9.17, 15) is 0 Å². The van der Waals surface area contributed by atoms with Crippen molar-refractivity contribution < 1.29 is 18.6 Å². The highest BCUT2D eigenvalue weighted by Gasteiger charge is 2.17. The number of fused-ring (bicyclic) bond motifs is 2. The zero-order valence-corrected chi connectivity index (χ0v) is 17.7. The fourth-order valence-corrected chi connectivity index (χ4v) is 3.99. The van der Waals surface area contributed by atoms with Crippen molar-refractivity contribution in [3.63, 3.8) is 0 Å². The predicted octanol–water partition coefficient (Wildman–Crippen LogP) is 5.45. The van der Waals surface area contributed by atoms with Crippen molar-refractivity contribution in [2.75, 3.05) is 14.2 Å². The molecule has 2 aromatic carbocycles. The average molecular weight is 442 g/mol. The number of nitrogens with zero attached hydrogens (tertiary/aromatic N) is 3. The standard InChI is InChI=1S/C21H16ClN3O4S/c1-26-13-7-17(28-11-12-5-3-4-6-15(12)22)14-9-19(29-18(14)8-13)16-10-25-20(23-16)30-21(24-25)27-2/h3-10H,11H2,1-2H3. The van der Waals surface area contributed by atoms with Crippen LogP contribution in [0.4, 0.5) is 0 Å². The van der Waals surface area contributed by atoms with Crippen LogP contribution >= 0.6 is 22.9 Å². The van der Waals surface area contributed by atoms with Crippen LogP contribution in [0.3, 0.4) is 0 Å². The van der Waals surface area contributed by atoms with E-state index in [0.29, 0.717) is 45.4 Å². The van der Waals surface area contributed by atoms with E-state index >= 15 is 0 Å². The van der Waals surface area contributed by atoms with Gasteiger partial charge in [0.15, 0.2) is 5.76 Å².